The second kappa shape index (κ2) is 6.06. The summed E-state index contributed by atoms with van der Waals surface area (Å²) in [6, 6.07) is 7.50. The lowest BCUT2D eigenvalue weighted by molar-refractivity contribution is 0.0891. The lowest BCUT2D eigenvalue weighted by Gasteiger charge is -2.34. The smallest absolute Gasteiger partial charge is 0.251 e. The van der Waals surface area contributed by atoms with Gasteiger partial charge in [-0.1, -0.05) is 26.7 Å². The SMILES string of the molecule is CC1CCCC(NC(=O)c2ccc(NN)cc2)C1C. The Labute approximate surface area is 114 Å². The van der Waals surface area contributed by atoms with Crippen molar-refractivity contribution in [2.24, 2.45) is 17.7 Å². The van der Waals surface area contributed by atoms with Crippen molar-refractivity contribution in [3.63, 3.8) is 0 Å². The highest BCUT2D eigenvalue weighted by Gasteiger charge is 2.28. The molecule has 4 nitrogen and oxygen atoms in total. The molecule has 2 rings (SSSR count). The molecule has 1 aromatic carbocycles. The van der Waals surface area contributed by atoms with Crippen LogP contribution in [0.25, 0.3) is 0 Å². The molecule has 104 valence electrons. The van der Waals surface area contributed by atoms with E-state index in [-0.39, 0.29) is 5.91 Å². The number of nitrogen functional groups attached to an aromatic ring is 1. The number of nitrogens with two attached hydrogens (primary N) is 1. The van der Waals surface area contributed by atoms with Crippen molar-refractivity contribution in [2.45, 2.75) is 39.2 Å². The molecule has 1 aromatic rings. The molecule has 0 aromatic heterocycles. The first-order chi connectivity index (χ1) is 9.11. The average molecular weight is 261 g/mol. The zero-order valence-electron chi connectivity index (χ0n) is 11.6. The van der Waals surface area contributed by atoms with Gasteiger partial charge < -0.3 is 10.7 Å². The van der Waals surface area contributed by atoms with E-state index in [0.29, 0.717) is 23.4 Å². The van der Waals surface area contributed by atoms with Crippen molar-refractivity contribution in [3.8, 4) is 0 Å². The minimum atomic E-state index is 0.00882. The fourth-order valence-corrected chi connectivity index (χ4v) is 2.76. The van der Waals surface area contributed by atoms with Crippen LogP contribution in [0.4, 0.5) is 5.69 Å². The third kappa shape index (κ3) is 3.26. The number of anilines is 1. The van der Waals surface area contributed by atoms with Crippen LogP contribution >= 0.6 is 0 Å². The van der Waals surface area contributed by atoms with Gasteiger partial charge in [0, 0.05) is 17.3 Å². The van der Waals surface area contributed by atoms with Crippen LogP contribution in [0.15, 0.2) is 24.3 Å². The van der Waals surface area contributed by atoms with Gasteiger partial charge in [-0.15, -0.1) is 0 Å². The maximum atomic E-state index is 12.2. The molecular formula is C15H23N3O. The van der Waals surface area contributed by atoms with Crippen LogP contribution < -0.4 is 16.6 Å². The van der Waals surface area contributed by atoms with E-state index in [0.717, 1.165) is 12.1 Å². The summed E-state index contributed by atoms with van der Waals surface area (Å²) < 4.78 is 0. The predicted molar refractivity (Wildman–Crippen MR) is 77.7 cm³/mol. The lowest BCUT2D eigenvalue weighted by atomic mass is 9.78. The molecule has 3 unspecified atom stereocenters. The number of hydrogen-bond acceptors (Lipinski definition) is 3. The molecule has 1 aliphatic carbocycles. The van der Waals surface area contributed by atoms with E-state index in [1.807, 2.05) is 12.1 Å². The molecular weight excluding hydrogens is 238 g/mol. The summed E-state index contributed by atoms with van der Waals surface area (Å²) in [5.74, 6) is 6.54. The van der Waals surface area contributed by atoms with Gasteiger partial charge in [0.1, 0.15) is 0 Å². The van der Waals surface area contributed by atoms with Crippen LogP contribution in [0.3, 0.4) is 0 Å². The van der Waals surface area contributed by atoms with Gasteiger partial charge in [0.2, 0.25) is 0 Å². The number of benzene rings is 1. The molecule has 0 spiro atoms. The summed E-state index contributed by atoms with van der Waals surface area (Å²) in [6.07, 6.45) is 3.55. The predicted octanol–water partition coefficient (Wildman–Crippen LogP) is 2.53. The van der Waals surface area contributed by atoms with Crippen molar-refractivity contribution >= 4 is 11.6 Å². The van der Waals surface area contributed by atoms with Crippen LogP contribution in [-0.2, 0) is 0 Å². The minimum Gasteiger partial charge on any atom is -0.349 e. The van der Waals surface area contributed by atoms with Crippen molar-refractivity contribution in [2.75, 3.05) is 5.43 Å². The van der Waals surface area contributed by atoms with Crippen LogP contribution in [0.2, 0.25) is 0 Å². The number of nitrogens with one attached hydrogen (secondary N) is 2. The average Bonchev–Trinajstić information content (AvgIpc) is 2.44. The second-order valence-electron chi connectivity index (χ2n) is 5.57. The van der Waals surface area contributed by atoms with Gasteiger partial charge in [-0.05, 0) is 42.5 Å². The molecule has 3 atom stereocenters. The Morgan fingerprint density at radius 1 is 1.21 bits per heavy atom. The first-order valence-electron chi connectivity index (χ1n) is 6.99. The Balaban J connectivity index is 1.99. The van der Waals surface area contributed by atoms with Gasteiger partial charge in [0.15, 0.2) is 0 Å². The minimum absolute atomic E-state index is 0.00882. The Kier molecular flexibility index (Phi) is 4.43. The zero-order valence-corrected chi connectivity index (χ0v) is 11.6. The summed E-state index contributed by atoms with van der Waals surface area (Å²) in [4.78, 5) is 12.2. The van der Waals surface area contributed by atoms with Crippen molar-refractivity contribution in [3.05, 3.63) is 29.8 Å². The molecule has 4 N–H and O–H groups in total. The van der Waals surface area contributed by atoms with Crippen molar-refractivity contribution < 1.29 is 4.79 Å². The molecule has 1 fully saturated rings. The standard InChI is InChI=1S/C15H23N3O/c1-10-4-3-5-14(11(10)2)17-15(19)12-6-8-13(18-16)9-7-12/h6-11,14,18H,3-5,16H2,1-2H3,(H,17,19). The number of carbonyl (C=O) groups is 1. The van der Waals surface area contributed by atoms with Crippen LogP contribution in [0.5, 0.6) is 0 Å². The number of carbonyl (C=O) groups excluding carboxylic acids is 1. The molecule has 1 saturated carbocycles. The summed E-state index contributed by atoms with van der Waals surface area (Å²) in [5, 5.41) is 3.16. The maximum absolute atomic E-state index is 12.2. The molecule has 1 amide bonds. The monoisotopic (exact) mass is 261 g/mol. The van der Waals surface area contributed by atoms with E-state index in [1.54, 1.807) is 12.1 Å². The topological polar surface area (TPSA) is 67.2 Å². The largest absolute Gasteiger partial charge is 0.349 e. The molecule has 19 heavy (non-hydrogen) atoms. The van der Waals surface area contributed by atoms with E-state index in [9.17, 15) is 4.79 Å². The normalized spacial score (nSPS) is 26.8. The number of hydrogen-bond donors (Lipinski definition) is 3. The van der Waals surface area contributed by atoms with E-state index in [1.165, 1.54) is 12.8 Å². The molecule has 0 aliphatic heterocycles. The summed E-state index contributed by atoms with van der Waals surface area (Å²) >= 11 is 0. The van der Waals surface area contributed by atoms with Crippen LogP contribution in [0.1, 0.15) is 43.5 Å². The fraction of sp³-hybridized carbons (Fsp3) is 0.533. The fourth-order valence-electron chi connectivity index (χ4n) is 2.76. The second-order valence-corrected chi connectivity index (χ2v) is 5.57. The number of hydrazine groups is 1. The molecule has 0 saturated heterocycles. The maximum Gasteiger partial charge on any atom is 0.251 e. The Morgan fingerprint density at radius 2 is 1.89 bits per heavy atom. The molecule has 1 aliphatic rings. The van der Waals surface area contributed by atoms with E-state index >= 15 is 0 Å². The Morgan fingerprint density at radius 3 is 2.53 bits per heavy atom. The highest BCUT2D eigenvalue weighted by Crippen LogP contribution is 2.29. The number of amides is 1. The summed E-state index contributed by atoms with van der Waals surface area (Å²) in [7, 11) is 0. The third-order valence-electron chi connectivity index (χ3n) is 4.34. The molecule has 0 radical (unpaired) electrons. The van der Waals surface area contributed by atoms with Gasteiger partial charge in [-0.2, -0.15) is 0 Å². The Hall–Kier alpha value is -1.55. The lowest BCUT2D eigenvalue weighted by Crippen LogP contribution is -2.43. The van der Waals surface area contributed by atoms with Crippen LogP contribution in [0, 0.1) is 11.8 Å². The third-order valence-corrected chi connectivity index (χ3v) is 4.34. The molecule has 0 heterocycles. The first kappa shape index (κ1) is 13.9. The highest BCUT2D eigenvalue weighted by molar-refractivity contribution is 5.94. The Bertz CT molecular complexity index is 430. The summed E-state index contributed by atoms with van der Waals surface area (Å²) in [5.41, 5.74) is 4.04. The van der Waals surface area contributed by atoms with Crippen molar-refractivity contribution in [1.82, 2.24) is 5.32 Å². The zero-order chi connectivity index (χ0) is 13.8. The number of rotatable bonds is 3. The van der Waals surface area contributed by atoms with Gasteiger partial charge in [0.25, 0.3) is 5.91 Å². The van der Waals surface area contributed by atoms with Crippen LogP contribution in [-0.4, -0.2) is 11.9 Å². The van der Waals surface area contributed by atoms with E-state index in [4.69, 9.17) is 5.84 Å². The van der Waals surface area contributed by atoms with Gasteiger partial charge in [-0.25, -0.2) is 0 Å². The first-order valence-corrected chi connectivity index (χ1v) is 6.99. The van der Waals surface area contributed by atoms with E-state index < -0.39 is 0 Å². The quantitative estimate of drug-likeness (QED) is 0.578. The van der Waals surface area contributed by atoms with Gasteiger partial charge in [-0.3, -0.25) is 10.6 Å². The summed E-state index contributed by atoms with van der Waals surface area (Å²) in [6.45, 7) is 4.50. The van der Waals surface area contributed by atoms with E-state index in [2.05, 4.69) is 24.6 Å². The highest BCUT2D eigenvalue weighted by atomic mass is 16.1. The molecule has 0 bridgehead atoms. The van der Waals surface area contributed by atoms with Gasteiger partial charge >= 0.3 is 0 Å². The molecule has 4 heteroatoms. The van der Waals surface area contributed by atoms with Crippen molar-refractivity contribution in [1.29, 1.82) is 0 Å². The van der Waals surface area contributed by atoms with Gasteiger partial charge in [0.05, 0.1) is 0 Å².